The van der Waals surface area contributed by atoms with Gasteiger partial charge in [0.1, 0.15) is 5.75 Å². The summed E-state index contributed by atoms with van der Waals surface area (Å²) in [4.78, 5) is 15.6. The molecule has 1 aromatic heterocycles. The van der Waals surface area contributed by atoms with E-state index in [-0.39, 0.29) is 5.41 Å². The predicted octanol–water partition coefficient (Wildman–Crippen LogP) is 5.60. The molecule has 3 aromatic rings. The Kier molecular flexibility index (Phi) is 5.58. The standard InChI is InChI=1S/C26H27NO3/c1-26(2,20-6-4-3-5-7-20)21-10-11-22-18(13-15-30-24(22)16-21)8-9-19-17-27-14-12-23(19)25(28)29/h3-7,10-12,14,16-18H,8-9,13,15H2,1-2H3,(H,28,29)/t18-/m1/s1. The van der Waals surface area contributed by atoms with Gasteiger partial charge in [0.15, 0.2) is 0 Å². The van der Waals surface area contributed by atoms with E-state index in [4.69, 9.17) is 4.74 Å². The summed E-state index contributed by atoms with van der Waals surface area (Å²) in [6.45, 7) is 5.16. The predicted molar refractivity (Wildman–Crippen MR) is 117 cm³/mol. The Labute approximate surface area is 177 Å². The van der Waals surface area contributed by atoms with Gasteiger partial charge in [-0.2, -0.15) is 0 Å². The summed E-state index contributed by atoms with van der Waals surface area (Å²) in [6, 6.07) is 18.7. The van der Waals surface area contributed by atoms with Crippen molar-refractivity contribution in [3.63, 3.8) is 0 Å². The SMILES string of the molecule is CC(C)(c1ccccc1)c1ccc2c(c1)OCC[C@H]2CCc1cnccc1C(=O)O. The Hall–Kier alpha value is -3.14. The first-order chi connectivity index (χ1) is 14.5. The zero-order valence-electron chi connectivity index (χ0n) is 17.5. The lowest BCUT2D eigenvalue weighted by molar-refractivity contribution is 0.0695. The second kappa shape index (κ2) is 8.31. The lowest BCUT2D eigenvalue weighted by atomic mass is 9.77. The van der Waals surface area contributed by atoms with Crippen LogP contribution in [0.15, 0.2) is 67.0 Å². The highest BCUT2D eigenvalue weighted by Crippen LogP contribution is 2.40. The molecule has 4 rings (SSSR count). The molecule has 0 aliphatic carbocycles. The fourth-order valence-electron chi connectivity index (χ4n) is 4.34. The van der Waals surface area contributed by atoms with E-state index < -0.39 is 5.97 Å². The molecule has 1 aliphatic heterocycles. The van der Waals surface area contributed by atoms with Crippen molar-refractivity contribution in [2.75, 3.05) is 6.61 Å². The minimum Gasteiger partial charge on any atom is -0.493 e. The molecule has 0 saturated carbocycles. The number of hydrogen-bond acceptors (Lipinski definition) is 3. The molecule has 0 spiro atoms. The van der Waals surface area contributed by atoms with E-state index in [2.05, 4.69) is 61.3 Å². The third-order valence-corrected chi connectivity index (χ3v) is 6.29. The second-order valence-corrected chi connectivity index (χ2v) is 8.45. The van der Waals surface area contributed by atoms with Gasteiger partial charge >= 0.3 is 5.97 Å². The molecule has 0 bridgehead atoms. The van der Waals surface area contributed by atoms with Crippen molar-refractivity contribution < 1.29 is 14.6 Å². The van der Waals surface area contributed by atoms with Gasteiger partial charge in [-0.1, -0.05) is 56.3 Å². The Morgan fingerprint density at radius 1 is 1.13 bits per heavy atom. The number of rotatable bonds is 6. The van der Waals surface area contributed by atoms with Crippen molar-refractivity contribution >= 4 is 5.97 Å². The van der Waals surface area contributed by atoms with Crippen LogP contribution in [0.2, 0.25) is 0 Å². The normalized spacial score (nSPS) is 15.9. The van der Waals surface area contributed by atoms with E-state index in [1.54, 1.807) is 12.3 Å². The number of carboxylic acids is 1. The number of carboxylic acid groups (broad SMARTS) is 1. The number of benzene rings is 2. The molecule has 4 heteroatoms. The van der Waals surface area contributed by atoms with Gasteiger partial charge in [0.05, 0.1) is 12.2 Å². The smallest absolute Gasteiger partial charge is 0.336 e. The minimum atomic E-state index is -0.896. The molecular weight excluding hydrogens is 374 g/mol. The lowest BCUT2D eigenvalue weighted by Gasteiger charge is -2.30. The van der Waals surface area contributed by atoms with Gasteiger partial charge in [-0.15, -0.1) is 0 Å². The number of nitrogens with zero attached hydrogens (tertiary/aromatic N) is 1. The van der Waals surface area contributed by atoms with Crippen LogP contribution in [-0.4, -0.2) is 22.7 Å². The molecule has 0 amide bonds. The first-order valence-corrected chi connectivity index (χ1v) is 10.5. The number of carbonyl (C=O) groups is 1. The van der Waals surface area contributed by atoms with Gasteiger partial charge in [-0.3, -0.25) is 4.98 Å². The first-order valence-electron chi connectivity index (χ1n) is 10.5. The Balaban J connectivity index is 1.56. The van der Waals surface area contributed by atoms with E-state index in [1.165, 1.54) is 22.9 Å². The number of fused-ring (bicyclic) bond motifs is 1. The van der Waals surface area contributed by atoms with Crippen LogP contribution in [0.4, 0.5) is 0 Å². The highest BCUT2D eigenvalue weighted by atomic mass is 16.5. The van der Waals surface area contributed by atoms with Crippen LogP contribution in [0.25, 0.3) is 0 Å². The van der Waals surface area contributed by atoms with Crippen LogP contribution in [-0.2, 0) is 11.8 Å². The largest absolute Gasteiger partial charge is 0.493 e. The monoisotopic (exact) mass is 401 g/mol. The van der Waals surface area contributed by atoms with Gasteiger partial charge in [-0.05, 0) is 59.6 Å². The number of aromatic nitrogens is 1. The maximum Gasteiger partial charge on any atom is 0.336 e. The first kappa shape index (κ1) is 20.1. The lowest BCUT2D eigenvalue weighted by Crippen LogP contribution is -2.21. The molecule has 2 aromatic carbocycles. The van der Waals surface area contributed by atoms with Gasteiger partial charge in [0.2, 0.25) is 0 Å². The Bertz CT molecular complexity index is 1040. The molecular formula is C26H27NO3. The van der Waals surface area contributed by atoms with E-state index >= 15 is 0 Å². The van der Waals surface area contributed by atoms with Gasteiger partial charge in [-0.25, -0.2) is 4.79 Å². The average Bonchev–Trinajstić information content (AvgIpc) is 2.78. The zero-order chi connectivity index (χ0) is 21.1. The van der Waals surface area contributed by atoms with Crippen molar-refractivity contribution in [3.8, 4) is 5.75 Å². The van der Waals surface area contributed by atoms with Crippen molar-refractivity contribution in [1.29, 1.82) is 0 Å². The molecule has 154 valence electrons. The van der Waals surface area contributed by atoms with Crippen molar-refractivity contribution in [2.24, 2.45) is 0 Å². The fourth-order valence-corrected chi connectivity index (χ4v) is 4.34. The summed E-state index contributed by atoms with van der Waals surface area (Å²) in [5, 5.41) is 9.41. The van der Waals surface area contributed by atoms with Crippen molar-refractivity contribution in [2.45, 2.75) is 44.4 Å². The summed E-state index contributed by atoms with van der Waals surface area (Å²) in [6.07, 6.45) is 5.72. The molecule has 0 fully saturated rings. The zero-order valence-corrected chi connectivity index (χ0v) is 17.5. The minimum absolute atomic E-state index is 0.112. The molecule has 4 nitrogen and oxygen atoms in total. The third-order valence-electron chi connectivity index (χ3n) is 6.29. The van der Waals surface area contributed by atoms with Crippen LogP contribution in [0.1, 0.15) is 65.2 Å². The second-order valence-electron chi connectivity index (χ2n) is 8.45. The molecule has 1 N–H and O–H groups in total. The van der Waals surface area contributed by atoms with Crippen LogP contribution in [0, 0.1) is 0 Å². The quantitative estimate of drug-likeness (QED) is 0.584. The Morgan fingerprint density at radius 2 is 1.93 bits per heavy atom. The third kappa shape index (κ3) is 3.95. The summed E-state index contributed by atoms with van der Waals surface area (Å²) in [7, 11) is 0. The number of aryl methyl sites for hydroxylation is 1. The van der Waals surface area contributed by atoms with Crippen LogP contribution >= 0.6 is 0 Å². The Morgan fingerprint density at radius 3 is 2.70 bits per heavy atom. The highest BCUT2D eigenvalue weighted by Gasteiger charge is 2.27. The molecule has 1 atom stereocenters. The van der Waals surface area contributed by atoms with Crippen LogP contribution < -0.4 is 4.74 Å². The van der Waals surface area contributed by atoms with E-state index in [9.17, 15) is 9.90 Å². The van der Waals surface area contributed by atoms with Crippen molar-refractivity contribution in [1.82, 2.24) is 4.98 Å². The average molecular weight is 402 g/mol. The number of aromatic carboxylic acids is 1. The molecule has 0 saturated heterocycles. The maximum atomic E-state index is 11.5. The summed E-state index contributed by atoms with van der Waals surface area (Å²) in [5.41, 5.74) is 4.74. The van der Waals surface area contributed by atoms with Crippen molar-refractivity contribution in [3.05, 3.63) is 94.8 Å². The topological polar surface area (TPSA) is 59.4 Å². The van der Waals surface area contributed by atoms with E-state index in [0.717, 1.165) is 24.2 Å². The highest BCUT2D eigenvalue weighted by molar-refractivity contribution is 5.89. The maximum absolute atomic E-state index is 11.5. The molecule has 2 heterocycles. The number of ether oxygens (including phenoxy) is 1. The molecule has 0 radical (unpaired) electrons. The summed E-state index contributed by atoms with van der Waals surface area (Å²) >= 11 is 0. The number of hydrogen-bond donors (Lipinski definition) is 1. The van der Waals surface area contributed by atoms with Gasteiger partial charge in [0, 0.05) is 17.8 Å². The summed E-state index contributed by atoms with van der Waals surface area (Å²) < 4.78 is 6.03. The van der Waals surface area contributed by atoms with E-state index in [1.807, 2.05) is 6.07 Å². The van der Waals surface area contributed by atoms with Gasteiger partial charge < -0.3 is 9.84 Å². The number of pyridine rings is 1. The van der Waals surface area contributed by atoms with Crippen LogP contribution in [0.3, 0.4) is 0 Å². The summed E-state index contributed by atoms with van der Waals surface area (Å²) in [5.74, 6) is 0.412. The molecule has 30 heavy (non-hydrogen) atoms. The molecule has 1 aliphatic rings. The molecule has 0 unspecified atom stereocenters. The fraction of sp³-hybridized carbons (Fsp3) is 0.308. The van der Waals surface area contributed by atoms with Crippen LogP contribution in [0.5, 0.6) is 5.75 Å². The van der Waals surface area contributed by atoms with E-state index in [0.29, 0.717) is 24.5 Å². The van der Waals surface area contributed by atoms with Gasteiger partial charge in [0.25, 0.3) is 0 Å².